The lowest BCUT2D eigenvalue weighted by atomic mass is 10.0. The van der Waals surface area contributed by atoms with Crippen molar-refractivity contribution in [2.24, 2.45) is 4.99 Å². The van der Waals surface area contributed by atoms with Crippen LogP contribution in [0.15, 0.2) is 27.7 Å². The minimum atomic E-state index is -0.00529. The maximum Gasteiger partial charge on any atom is 0.201 e. The van der Waals surface area contributed by atoms with Crippen molar-refractivity contribution >= 4 is 33.4 Å². The fourth-order valence-electron chi connectivity index (χ4n) is 2.56. The van der Waals surface area contributed by atoms with E-state index >= 15 is 0 Å². The average molecular weight is 376 g/mol. The van der Waals surface area contributed by atoms with Crippen LogP contribution < -0.4 is 0 Å². The number of rotatable bonds is 4. The van der Waals surface area contributed by atoms with E-state index in [-0.39, 0.29) is 12.3 Å². The first kappa shape index (κ1) is 16.7. The number of nitrogens with zero attached hydrogens (tertiary/aromatic N) is 2. The van der Waals surface area contributed by atoms with Gasteiger partial charge in [-0.3, -0.25) is 9.89 Å². The molecular formula is C15H20BrClN2O2. The molecule has 2 atom stereocenters. The molecule has 0 bridgehead atoms. The normalized spacial score (nSPS) is 23.0. The highest BCUT2D eigenvalue weighted by Crippen LogP contribution is 2.24. The van der Waals surface area contributed by atoms with Gasteiger partial charge in [0.15, 0.2) is 0 Å². The Morgan fingerprint density at radius 1 is 1.43 bits per heavy atom. The summed E-state index contributed by atoms with van der Waals surface area (Å²) in [5.74, 6) is 0.763. The highest BCUT2D eigenvalue weighted by molar-refractivity contribution is 9.10. The molecule has 0 saturated heterocycles. The molecule has 21 heavy (non-hydrogen) atoms. The zero-order valence-electron chi connectivity index (χ0n) is 12.5. The fraction of sp³-hybridized carbons (Fsp3) is 0.533. The van der Waals surface area contributed by atoms with Crippen molar-refractivity contribution in [3.63, 3.8) is 0 Å². The molecule has 0 radical (unpaired) electrons. The van der Waals surface area contributed by atoms with E-state index in [0.29, 0.717) is 6.54 Å². The van der Waals surface area contributed by atoms with Crippen LogP contribution >= 0.6 is 27.5 Å². The molecule has 0 spiro atoms. The van der Waals surface area contributed by atoms with Gasteiger partial charge < -0.3 is 9.47 Å². The Morgan fingerprint density at radius 3 is 2.81 bits per heavy atom. The summed E-state index contributed by atoms with van der Waals surface area (Å²) in [5, 5.41) is 0.780. The summed E-state index contributed by atoms with van der Waals surface area (Å²) in [6, 6.07) is 6.08. The molecule has 0 saturated carbocycles. The Bertz CT molecular complexity index is 524. The quantitative estimate of drug-likeness (QED) is 0.809. The van der Waals surface area contributed by atoms with Crippen LogP contribution in [0, 0.1) is 0 Å². The number of hydrogen-bond donors (Lipinski definition) is 0. The number of halogens is 2. The van der Waals surface area contributed by atoms with Crippen LogP contribution in [0.3, 0.4) is 0 Å². The summed E-state index contributed by atoms with van der Waals surface area (Å²) in [7, 11) is 5.41. The van der Waals surface area contributed by atoms with Crippen LogP contribution in [-0.2, 0) is 15.9 Å². The number of hydrogen-bond acceptors (Lipinski definition) is 4. The summed E-state index contributed by atoms with van der Waals surface area (Å²) < 4.78 is 11.9. The molecule has 0 fully saturated rings. The van der Waals surface area contributed by atoms with E-state index in [1.54, 1.807) is 14.2 Å². The minimum absolute atomic E-state index is 0.00529. The number of likely N-dealkylation sites (N-methyl/N-ethyl adjacent to an activating group) is 1. The number of aliphatic imine (C=N–C) groups is 1. The molecule has 1 aliphatic rings. The SMILES string of the molecule is COC1=NCC(OC)N(C)C1CCc1ccc(Br)cc1Cl. The number of benzene rings is 1. The van der Waals surface area contributed by atoms with Gasteiger partial charge in [-0.2, -0.15) is 0 Å². The van der Waals surface area contributed by atoms with Gasteiger partial charge >= 0.3 is 0 Å². The number of methoxy groups -OCH3 is 2. The second-order valence-corrected chi connectivity index (χ2v) is 6.35. The topological polar surface area (TPSA) is 34.1 Å². The van der Waals surface area contributed by atoms with Gasteiger partial charge in [0.05, 0.1) is 19.7 Å². The molecule has 1 aromatic rings. The van der Waals surface area contributed by atoms with E-state index in [1.807, 2.05) is 25.2 Å². The Balaban J connectivity index is 2.09. The largest absolute Gasteiger partial charge is 0.483 e. The molecule has 0 N–H and O–H groups in total. The molecule has 116 valence electrons. The van der Waals surface area contributed by atoms with Gasteiger partial charge in [-0.1, -0.05) is 33.6 Å². The summed E-state index contributed by atoms with van der Waals surface area (Å²) >= 11 is 9.70. The molecule has 1 heterocycles. The lowest BCUT2D eigenvalue weighted by Gasteiger charge is -2.37. The Kier molecular flexibility index (Phi) is 6.05. The van der Waals surface area contributed by atoms with Crippen LogP contribution in [0.4, 0.5) is 0 Å². The smallest absolute Gasteiger partial charge is 0.201 e. The Labute approximate surface area is 139 Å². The van der Waals surface area contributed by atoms with E-state index < -0.39 is 0 Å². The highest BCUT2D eigenvalue weighted by Gasteiger charge is 2.31. The first-order chi connectivity index (χ1) is 10.1. The summed E-state index contributed by atoms with van der Waals surface area (Å²) in [6.45, 7) is 0.603. The third kappa shape index (κ3) is 3.97. The number of aryl methyl sites for hydroxylation is 1. The lowest BCUT2D eigenvalue weighted by Crippen LogP contribution is -2.51. The van der Waals surface area contributed by atoms with E-state index in [1.165, 1.54) is 0 Å². The second-order valence-electron chi connectivity index (χ2n) is 5.03. The summed E-state index contributed by atoms with van der Waals surface area (Å²) in [4.78, 5) is 6.63. The molecular weight excluding hydrogens is 356 g/mol. The van der Waals surface area contributed by atoms with Crippen LogP contribution in [0.1, 0.15) is 12.0 Å². The van der Waals surface area contributed by atoms with E-state index in [2.05, 4.69) is 25.8 Å². The van der Waals surface area contributed by atoms with Crippen molar-refractivity contribution < 1.29 is 9.47 Å². The van der Waals surface area contributed by atoms with Gasteiger partial charge in [0.1, 0.15) is 6.23 Å². The molecule has 4 nitrogen and oxygen atoms in total. The van der Waals surface area contributed by atoms with Gasteiger partial charge in [-0.25, -0.2) is 0 Å². The van der Waals surface area contributed by atoms with Crippen LogP contribution in [0.25, 0.3) is 0 Å². The Morgan fingerprint density at radius 2 is 2.19 bits per heavy atom. The molecule has 2 unspecified atom stereocenters. The third-order valence-corrected chi connectivity index (χ3v) is 4.66. The zero-order valence-corrected chi connectivity index (χ0v) is 14.8. The van der Waals surface area contributed by atoms with Crippen molar-refractivity contribution in [1.29, 1.82) is 0 Å². The predicted octanol–water partition coefficient (Wildman–Crippen LogP) is 3.37. The lowest BCUT2D eigenvalue weighted by molar-refractivity contribution is -0.0322. The second kappa shape index (κ2) is 7.58. The first-order valence-corrected chi connectivity index (χ1v) is 8.01. The van der Waals surface area contributed by atoms with Crippen molar-refractivity contribution in [2.45, 2.75) is 25.1 Å². The first-order valence-electron chi connectivity index (χ1n) is 6.83. The van der Waals surface area contributed by atoms with Gasteiger partial charge in [-0.15, -0.1) is 0 Å². The van der Waals surface area contributed by atoms with Crippen molar-refractivity contribution in [2.75, 3.05) is 27.8 Å². The monoisotopic (exact) mass is 374 g/mol. The fourth-order valence-corrected chi connectivity index (χ4v) is 3.33. The molecule has 0 aliphatic carbocycles. The van der Waals surface area contributed by atoms with E-state index in [0.717, 1.165) is 33.8 Å². The van der Waals surface area contributed by atoms with Crippen LogP contribution in [0.5, 0.6) is 0 Å². The molecule has 1 aliphatic heterocycles. The van der Waals surface area contributed by atoms with Crippen molar-refractivity contribution in [3.8, 4) is 0 Å². The van der Waals surface area contributed by atoms with Crippen LogP contribution in [-0.4, -0.2) is 50.9 Å². The molecule has 2 rings (SSSR count). The van der Waals surface area contributed by atoms with Gasteiger partial charge in [0.2, 0.25) is 5.90 Å². The molecule has 6 heteroatoms. The average Bonchev–Trinajstić information content (AvgIpc) is 2.47. The number of ether oxygens (including phenoxy) is 2. The van der Waals surface area contributed by atoms with E-state index in [4.69, 9.17) is 21.1 Å². The molecule has 0 amide bonds. The standard InChI is InChI=1S/C15H20BrClN2O2/c1-19-13(15(21-3)18-9-14(19)20-2)7-5-10-4-6-11(16)8-12(10)17/h4,6,8,13-14H,5,7,9H2,1-3H3. The molecule has 1 aromatic carbocycles. The predicted molar refractivity (Wildman–Crippen MR) is 89.1 cm³/mol. The van der Waals surface area contributed by atoms with Crippen molar-refractivity contribution in [3.05, 3.63) is 33.3 Å². The van der Waals surface area contributed by atoms with Gasteiger partial charge in [-0.05, 0) is 37.6 Å². The van der Waals surface area contributed by atoms with Crippen LogP contribution in [0.2, 0.25) is 5.02 Å². The summed E-state index contributed by atoms with van der Waals surface area (Å²) in [5.41, 5.74) is 1.13. The third-order valence-electron chi connectivity index (χ3n) is 3.82. The summed E-state index contributed by atoms with van der Waals surface area (Å²) in [6.07, 6.45) is 1.74. The van der Waals surface area contributed by atoms with E-state index in [9.17, 15) is 0 Å². The Hall–Kier alpha value is -0.620. The zero-order chi connectivity index (χ0) is 15.4. The van der Waals surface area contributed by atoms with Gasteiger partial charge in [0, 0.05) is 16.6 Å². The maximum atomic E-state index is 6.28. The minimum Gasteiger partial charge on any atom is -0.483 e. The highest BCUT2D eigenvalue weighted by atomic mass is 79.9. The van der Waals surface area contributed by atoms with Gasteiger partial charge in [0.25, 0.3) is 0 Å². The molecule has 0 aromatic heterocycles. The van der Waals surface area contributed by atoms with Crippen molar-refractivity contribution in [1.82, 2.24) is 4.90 Å². The maximum absolute atomic E-state index is 6.28.